The highest BCUT2D eigenvalue weighted by atomic mass is 19.1. The number of rotatable bonds is 4. The fraction of sp³-hybridized carbons (Fsp3) is 0.500. The van der Waals surface area contributed by atoms with Crippen LogP contribution in [0.2, 0.25) is 0 Å². The zero-order valence-electron chi connectivity index (χ0n) is 9.04. The lowest BCUT2D eigenvalue weighted by Crippen LogP contribution is -2.36. The van der Waals surface area contributed by atoms with Gasteiger partial charge in [0.2, 0.25) is 0 Å². The van der Waals surface area contributed by atoms with Crippen LogP contribution >= 0.6 is 0 Å². The van der Waals surface area contributed by atoms with Crippen LogP contribution in [-0.4, -0.2) is 24.0 Å². The van der Waals surface area contributed by atoms with Crippen molar-refractivity contribution in [3.63, 3.8) is 0 Å². The molecule has 1 fully saturated rings. The molecule has 0 heterocycles. The van der Waals surface area contributed by atoms with Gasteiger partial charge in [0.25, 0.3) is 0 Å². The standard InChI is InChI=1S/C12H17FN2/c1-15(9-12(14)6-7-12)8-10-4-2-3-5-11(10)13/h2-5H,6-9,14H2,1H3. The highest BCUT2D eigenvalue weighted by molar-refractivity contribution is 5.17. The van der Waals surface area contributed by atoms with Crippen LogP contribution in [-0.2, 0) is 6.54 Å². The van der Waals surface area contributed by atoms with Gasteiger partial charge >= 0.3 is 0 Å². The molecule has 0 aromatic heterocycles. The first-order valence-corrected chi connectivity index (χ1v) is 5.30. The quantitative estimate of drug-likeness (QED) is 0.816. The van der Waals surface area contributed by atoms with Gasteiger partial charge in [0.15, 0.2) is 0 Å². The zero-order valence-corrected chi connectivity index (χ0v) is 9.04. The maximum Gasteiger partial charge on any atom is 0.127 e. The third-order valence-corrected chi connectivity index (χ3v) is 2.88. The first kappa shape index (κ1) is 10.6. The molecule has 1 saturated carbocycles. The summed E-state index contributed by atoms with van der Waals surface area (Å²) >= 11 is 0. The summed E-state index contributed by atoms with van der Waals surface area (Å²) in [6.45, 7) is 1.48. The van der Waals surface area contributed by atoms with E-state index in [1.807, 2.05) is 19.2 Å². The van der Waals surface area contributed by atoms with Crippen LogP contribution in [0.25, 0.3) is 0 Å². The maximum absolute atomic E-state index is 13.3. The molecule has 3 heteroatoms. The highest BCUT2D eigenvalue weighted by Gasteiger charge is 2.38. The molecule has 0 aliphatic heterocycles. The molecule has 2 rings (SSSR count). The van der Waals surface area contributed by atoms with E-state index in [0.29, 0.717) is 6.54 Å². The number of hydrogen-bond donors (Lipinski definition) is 1. The molecule has 0 radical (unpaired) electrons. The molecule has 1 aliphatic rings. The van der Waals surface area contributed by atoms with Gasteiger partial charge in [-0.25, -0.2) is 4.39 Å². The Kier molecular flexibility index (Phi) is 2.76. The van der Waals surface area contributed by atoms with Crippen LogP contribution in [0, 0.1) is 5.82 Å². The molecule has 2 N–H and O–H groups in total. The number of hydrogen-bond acceptors (Lipinski definition) is 2. The van der Waals surface area contributed by atoms with Gasteiger partial charge in [-0.2, -0.15) is 0 Å². The lowest BCUT2D eigenvalue weighted by Gasteiger charge is -2.20. The summed E-state index contributed by atoms with van der Waals surface area (Å²) in [7, 11) is 1.99. The fourth-order valence-electron chi connectivity index (χ4n) is 1.83. The first-order valence-electron chi connectivity index (χ1n) is 5.30. The van der Waals surface area contributed by atoms with E-state index >= 15 is 0 Å². The van der Waals surface area contributed by atoms with Crippen molar-refractivity contribution in [2.75, 3.05) is 13.6 Å². The van der Waals surface area contributed by atoms with Gasteiger partial charge in [-0.15, -0.1) is 0 Å². The van der Waals surface area contributed by atoms with Crippen molar-refractivity contribution in [1.29, 1.82) is 0 Å². The molecule has 0 amide bonds. The number of nitrogens with two attached hydrogens (primary N) is 1. The second-order valence-electron chi connectivity index (χ2n) is 4.63. The molecular weight excluding hydrogens is 191 g/mol. The number of nitrogens with zero attached hydrogens (tertiary/aromatic N) is 1. The molecule has 0 bridgehead atoms. The molecule has 82 valence electrons. The first-order chi connectivity index (χ1) is 7.09. The molecule has 0 spiro atoms. The molecule has 15 heavy (non-hydrogen) atoms. The number of benzene rings is 1. The van der Waals surface area contributed by atoms with E-state index < -0.39 is 0 Å². The largest absolute Gasteiger partial charge is 0.324 e. The smallest absolute Gasteiger partial charge is 0.127 e. The van der Waals surface area contributed by atoms with Gasteiger partial charge in [-0.05, 0) is 26.0 Å². The van der Waals surface area contributed by atoms with Gasteiger partial charge in [0.05, 0.1) is 0 Å². The van der Waals surface area contributed by atoms with Gasteiger partial charge in [0, 0.05) is 24.2 Å². The molecule has 1 aliphatic carbocycles. The van der Waals surface area contributed by atoms with Crippen molar-refractivity contribution in [3.8, 4) is 0 Å². The summed E-state index contributed by atoms with van der Waals surface area (Å²) in [5.74, 6) is -0.133. The Morgan fingerprint density at radius 3 is 2.67 bits per heavy atom. The molecule has 0 atom stereocenters. The Bertz CT molecular complexity index is 347. The topological polar surface area (TPSA) is 29.3 Å². The van der Waals surface area contributed by atoms with Gasteiger partial charge in [0.1, 0.15) is 5.82 Å². The second kappa shape index (κ2) is 3.91. The van der Waals surface area contributed by atoms with E-state index in [0.717, 1.165) is 24.9 Å². The summed E-state index contributed by atoms with van der Waals surface area (Å²) in [6, 6.07) is 6.90. The minimum atomic E-state index is -0.133. The Morgan fingerprint density at radius 2 is 2.07 bits per heavy atom. The SMILES string of the molecule is CN(Cc1ccccc1F)CC1(N)CC1. The molecule has 2 nitrogen and oxygen atoms in total. The Hall–Kier alpha value is -0.930. The van der Waals surface area contributed by atoms with E-state index in [9.17, 15) is 4.39 Å². The van der Waals surface area contributed by atoms with Crippen molar-refractivity contribution in [2.45, 2.75) is 24.9 Å². The van der Waals surface area contributed by atoms with Crippen molar-refractivity contribution < 1.29 is 4.39 Å². The van der Waals surface area contributed by atoms with Crippen molar-refractivity contribution in [3.05, 3.63) is 35.6 Å². The lowest BCUT2D eigenvalue weighted by molar-refractivity contribution is 0.291. The molecule has 1 aromatic rings. The predicted octanol–water partition coefficient (Wildman–Crippen LogP) is 1.75. The van der Waals surface area contributed by atoms with Crippen LogP contribution in [0.4, 0.5) is 4.39 Å². The Morgan fingerprint density at radius 1 is 1.40 bits per heavy atom. The van der Waals surface area contributed by atoms with Crippen LogP contribution in [0.5, 0.6) is 0 Å². The Balaban J connectivity index is 1.93. The molecule has 0 saturated heterocycles. The summed E-state index contributed by atoms with van der Waals surface area (Å²) in [5.41, 5.74) is 6.74. The molecule has 0 unspecified atom stereocenters. The Labute approximate surface area is 89.9 Å². The maximum atomic E-state index is 13.3. The third kappa shape index (κ3) is 2.76. The minimum Gasteiger partial charge on any atom is -0.324 e. The van der Waals surface area contributed by atoms with Crippen LogP contribution in [0.1, 0.15) is 18.4 Å². The lowest BCUT2D eigenvalue weighted by atomic mass is 10.2. The van der Waals surface area contributed by atoms with Crippen LogP contribution < -0.4 is 5.73 Å². The van der Waals surface area contributed by atoms with Gasteiger partial charge in [-0.1, -0.05) is 18.2 Å². The predicted molar refractivity (Wildman–Crippen MR) is 58.9 cm³/mol. The van der Waals surface area contributed by atoms with E-state index in [4.69, 9.17) is 5.73 Å². The molecular formula is C12H17FN2. The fourth-order valence-corrected chi connectivity index (χ4v) is 1.83. The summed E-state index contributed by atoms with van der Waals surface area (Å²) in [6.07, 6.45) is 2.18. The van der Waals surface area contributed by atoms with Gasteiger partial charge in [-0.3, -0.25) is 0 Å². The average Bonchev–Trinajstić information content (AvgIpc) is 2.87. The molecule has 1 aromatic carbocycles. The van der Waals surface area contributed by atoms with E-state index in [-0.39, 0.29) is 11.4 Å². The third-order valence-electron chi connectivity index (χ3n) is 2.88. The number of likely N-dealkylation sites (N-methyl/N-ethyl adjacent to an activating group) is 1. The van der Waals surface area contributed by atoms with E-state index in [1.165, 1.54) is 6.07 Å². The normalized spacial score (nSPS) is 18.1. The van der Waals surface area contributed by atoms with Crippen molar-refractivity contribution in [2.24, 2.45) is 5.73 Å². The number of halogens is 1. The summed E-state index contributed by atoms with van der Waals surface area (Å²) in [4.78, 5) is 2.09. The minimum absolute atomic E-state index is 0.00000650. The van der Waals surface area contributed by atoms with Crippen molar-refractivity contribution >= 4 is 0 Å². The van der Waals surface area contributed by atoms with E-state index in [2.05, 4.69) is 4.90 Å². The summed E-state index contributed by atoms with van der Waals surface area (Å²) in [5, 5.41) is 0. The van der Waals surface area contributed by atoms with Gasteiger partial charge < -0.3 is 10.6 Å². The van der Waals surface area contributed by atoms with Crippen LogP contribution in [0.15, 0.2) is 24.3 Å². The average molecular weight is 208 g/mol. The van der Waals surface area contributed by atoms with E-state index in [1.54, 1.807) is 6.07 Å². The monoisotopic (exact) mass is 208 g/mol. The summed E-state index contributed by atoms with van der Waals surface area (Å²) < 4.78 is 13.3. The van der Waals surface area contributed by atoms with Crippen LogP contribution in [0.3, 0.4) is 0 Å². The highest BCUT2D eigenvalue weighted by Crippen LogP contribution is 2.32. The zero-order chi connectivity index (χ0) is 10.9. The van der Waals surface area contributed by atoms with Crippen molar-refractivity contribution in [1.82, 2.24) is 4.90 Å². The second-order valence-corrected chi connectivity index (χ2v) is 4.63.